The summed E-state index contributed by atoms with van der Waals surface area (Å²) >= 11 is 0. The van der Waals surface area contributed by atoms with Crippen LogP contribution >= 0.6 is 0 Å². The normalized spacial score (nSPS) is 19.3. The lowest BCUT2D eigenvalue weighted by Gasteiger charge is -2.33. The predicted octanol–water partition coefficient (Wildman–Crippen LogP) is 4.88. The van der Waals surface area contributed by atoms with Crippen molar-refractivity contribution in [3.8, 4) is 0 Å². The van der Waals surface area contributed by atoms with Crippen molar-refractivity contribution in [2.45, 2.75) is 63.5 Å². The van der Waals surface area contributed by atoms with Crippen molar-refractivity contribution in [3.05, 3.63) is 48.0 Å². The minimum Gasteiger partial charge on any atom is -0.449 e. The molecule has 1 saturated heterocycles. The molecule has 2 rings (SSSR count). The van der Waals surface area contributed by atoms with Gasteiger partial charge in [-0.2, -0.15) is 8.78 Å². The van der Waals surface area contributed by atoms with Crippen molar-refractivity contribution in [1.82, 2.24) is 4.90 Å². The number of unbranched alkanes of at least 4 members (excludes halogenated alkanes) is 4. The molecule has 0 radical (unpaired) electrons. The number of alkyl halides is 2. The molecule has 0 saturated carbocycles. The van der Waals surface area contributed by atoms with Crippen LogP contribution in [0.2, 0.25) is 0 Å². The summed E-state index contributed by atoms with van der Waals surface area (Å²) in [5.74, 6) is -3.39. The first-order valence-electron chi connectivity index (χ1n) is 9.70. The summed E-state index contributed by atoms with van der Waals surface area (Å²) in [6.07, 6.45) is 6.04. The zero-order valence-electron chi connectivity index (χ0n) is 15.8. The molecular formula is C21H29F2NO3. The number of aliphatic hydroxyl groups is 1. The van der Waals surface area contributed by atoms with Crippen LogP contribution in [0.1, 0.15) is 51.0 Å². The maximum absolute atomic E-state index is 14.4. The fraction of sp³-hybridized carbons (Fsp3) is 0.571. The highest BCUT2D eigenvalue weighted by Crippen LogP contribution is 2.32. The molecule has 1 heterocycles. The molecular weight excluding hydrogens is 352 g/mol. The van der Waals surface area contributed by atoms with Crippen LogP contribution in [0.3, 0.4) is 0 Å². The Hall–Kier alpha value is -1.95. The molecule has 1 aliphatic heterocycles. The van der Waals surface area contributed by atoms with E-state index < -0.39 is 18.1 Å². The number of cyclic esters (lactones) is 1. The number of carbonyl (C=O) groups excluding carboxylic acids is 1. The van der Waals surface area contributed by atoms with E-state index in [1.165, 1.54) is 30.3 Å². The lowest BCUT2D eigenvalue weighted by Crippen LogP contribution is -2.45. The molecule has 4 nitrogen and oxygen atoms in total. The molecule has 0 spiro atoms. The zero-order valence-corrected chi connectivity index (χ0v) is 15.8. The Labute approximate surface area is 159 Å². The largest absolute Gasteiger partial charge is 0.449 e. The summed E-state index contributed by atoms with van der Waals surface area (Å²) in [6, 6.07) is 6.91. The van der Waals surface area contributed by atoms with Gasteiger partial charge in [-0.3, -0.25) is 0 Å². The maximum atomic E-state index is 14.4. The Morgan fingerprint density at radius 2 is 1.96 bits per heavy atom. The number of aliphatic hydroxyl groups excluding tert-OH is 1. The van der Waals surface area contributed by atoms with Gasteiger partial charge in [-0.05, 0) is 6.42 Å². The summed E-state index contributed by atoms with van der Waals surface area (Å²) < 4.78 is 33.9. The van der Waals surface area contributed by atoms with E-state index in [4.69, 9.17) is 4.74 Å². The van der Waals surface area contributed by atoms with Crippen LogP contribution in [0.4, 0.5) is 13.6 Å². The van der Waals surface area contributed by atoms with E-state index in [1.54, 1.807) is 11.0 Å². The number of carbonyl (C=O) groups is 1. The Morgan fingerprint density at radius 3 is 2.67 bits per heavy atom. The van der Waals surface area contributed by atoms with Gasteiger partial charge in [0.05, 0.1) is 12.6 Å². The van der Waals surface area contributed by atoms with E-state index in [2.05, 4.69) is 6.92 Å². The third-order valence-electron chi connectivity index (χ3n) is 4.82. The van der Waals surface area contributed by atoms with E-state index in [-0.39, 0.29) is 18.2 Å². The summed E-state index contributed by atoms with van der Waals surface area (Å²) in [7, 11) is 0. The van der Waals surface area contributed by atoms with Crippen LogP contribution < -0.4 is 0 Å². The van der Waals surface area contributed by atoms with Gasteiger partial charge < -0.3 is 14.7 Å². The zero-order chi connectivity index (χ0) is 19.7. The van der Waals surface area contributed by atoms with Crippen molar-refractivity contribution < 1.29 is 23.4 Å². The molecule has 0 aliphatic carbocycles. The van der Waals surface area contributed by atoms with Gasteiger partial charge in [0.25, 0.3) is 0 Å². The quantitative estimate of drug-likeness (QED) is 0.464. The second-order valence-electron chi connectivity index (χ2n) is 6.90. The molecule has 27 heavy (non-hydrogen) atoms. The molecule has 1 amide bonds. The smallest absolute Gasteiger partial charge is 0.410 e. The molecule has 1 aromatic rings. The Bertz CT molecular complexity index is 607. The molecule has 6 heteroatoms. The highest BCUT2D eigenvalue weighted by molar-refractivity contribution is 5.69. The maximum Gasteiger partial charge on any atom is 0.410 e. The van der Waals surface area contributed by atoms with Crippen LogP contribution in [-0.4, -0.2) is 41.4 Å². The van der Waals surface area contributed by atoms with Crippen molar-refractivity contribution in [2.24, 2.45) is 0 Å². The van der Waals surface area contributed by atoms with Gasteiger partial charge in [-0.25, -0.2) is 4.79 Å². The third kappa shape index (κ3) is 6.03. The highest BCUT2D eigenvalue weighted by Gasteiger charge is 2.39. The molecule has 1 fully saturated rings. The van der Waals surface area contributed by atoms with Crippen LogP contribution in [0, 0.1) is 0 Å². The third-order valence-corrected chi connectivity index (χ3v) is 4.82. The second kappa shape index (κ2) is 10.4. The molecule has 0 aromatic heterocycles. The number of rotatable bonds is 10. The SMILES string of the molecule is CCCCCCCN1C(=O)OCCC1/C=C/C(O)C(F)(F)c1ccccc1. The van der Waals surface area contributed by atoms with Crippen LogP contribution in [0.25, 0.3) is 0 Å². The number of halogens is 2. The van der Waals surface area contributed by atoms with Crippen molar-refractivity contribution in [2.75, 3.05) is 13.2 Å². The molecule has 2 atom stereocenters. The topological polar surface area (TPSA) is 49.8 Å². The Morgan fingerprint density at radius 1 is 1.26 bits per heavy atom. The summed E-state index contributed by atoms with van der Waals surface area (Å²) in [5.41, 5.74) is -0.238. The van der Waals surface area contributed by atoms with Gasteiger partial charge in [-0.1, -0.05) is 75.1 Å². The number of nitrogens with zero attached hydrogens (tertiary/aromatic N) is 1. The number of benzene rings is 1. The number of hydrogen-bond donors (Lipinski definition) is 1. The number of amides is 1. The first-order valence-corrected chi connectivity index (χ1v) is 9.70. The molecule has 0 bridgehead atoms. The van der Waals surface area contributed by atoms with Crippen molar-refractivity contribution >= 4 is 6.09 Å². The van der Waals surface area contributed by atoms with Gasteiger partial charge in [-0.15, -0.1) is 0 Å². The van der Waals surface area contributed by atoms with Crippen LogP contribution in [0.15, 0.2) is 42.5 Å². The van der Waals surface area contributed by atoms with Crippen LogP contribution in [0.5, 0.6) is 0 Å². The van der Waals surface area contributed by atoms with E-state index in [0.29, 0.717) is 13.0 Å². The van der Waals surface area contributed by atoms with E-state index in [0.717, 1.165) is 38.2 Å². The average Bonchev–Trinajstić information content (AvgIpc) is 2.68. The van der Waals surface area contributed by atoms with Crippen LogP contribution in [-0.2, 0) is 10.7 Å². The van der Waals surface area contributed by atoms with Gasteiger partial charge in [0, 0.05) is 18.5 Å². The van der Waals surface area contributed by atoms with Crippen molar-refractivity contribution in [1.29, 1.82) is 0 Å². The fourth-order valence-corrected chi connectivity index (χ4v) is 3.17. The van der Waals surface area contributed by atoms with Gasteiger partial charge in [0.1, 0.15) is 6.10 Å². The van der Waals surface area contributed by atoms with Gasteiger partial charge in [0.2, 0.25) is 0 Å². The lowest BCUT2D eigenvalue weighted by molar-refractivity contribution is -0.0930. The Balaban J connectivity index is 1.98. The molecule has 1 aromatic carbocycles. The fourth-order valence-electron chi connectivity index (χ4n) is 3.17. The minimum atomic E-state index is -3.39. The standard InChI is InChI=1S/C21H29F2NO3/c1-2-3-4-5-9-15-24-18(14-16-27-20(24)26)12-13-19(25)21(22,23)17-10-7-6-8-11-17/h6-8,10-13,18-19,25H,2-5,9,14-16H2,1H3/b13-12+. The summed E-state index contributed by atoms with van der Waals surface area (Å²) in [4.78, 5) is 13.6. The first kappa shape index (κ1) is 21.4. The molecule has 1 aliphatic rings. The van der Waals surface area contributed by atoms with Gasteiger partial charge in [0.15, 0.2) is 0 Å². The molecule has 150 valence electrons. The monoisotopic (exact) mass is 381 g/mol. The first-order chi connectivity index (χ1) is 13.0. The lowest BCUT2D eigenvalue weighted by atomic mass is 10.0. The second-order valence-corrected chi connectivity index (χ2v) is 6.90. The number of hydrogen-bond acceptors (Lipinski definition) is 3. The summed E-state index contributed by atoms with van der Waals surface area (Å²) in [5, 5.41) is 10.0. The highest BCUT2D eigenvalue weighted by atomic mass is 19.3. The Kier molecular flexibility index (Phi) is 8.23. The number of ether oxygens (including phenoxy) is 1. The van der Waals surface area contributed by atoms with E-state index in [1.807, 2.05) is 0 Å². The summed E-state index contributed by atoms with van der Waals surface area (Å²) in [6.45, 7) is 2.92. The van der Waals surface area contributed by atoms with E-state index >= 15 is 0 Å². The van der Waals surface area contributed by atoms with Gasteiger partial charge >= 0.3 is 12.0 Å². The molecule has 2 unspecified atom stereocenters. The van der Waals surface area contributed by atoms with Crippen molar-refractivity contribution in [3.63, 3.8) is 0 Å². The van der Waals surface area contributed by atoms with E-state index in [9.17, 15) is 18.7 Å². The minimum absolute atomic E-state index is 0.238. The molecule has 1 N–H and O–H groups in total. The predicted molar refractivity (Wildman–Crippen MR) is 101 cm³/mol. The average molecular weight is 381 g/mol.